The van der Waals surface area contributed by atoms with Gasteiger partial charge in [-0.05, 0) is 61.3 Å². The Morgan fingerprint density at radius 2 is 1.83 bits per heavy atom. The van der Waals surface area contributed by atoms with E-state index in [-0.39, 0.29) is 6.61 Å². The molecule has 2 aromatic rings. The number of rotatable bonds is 7. The molecule has 2 atom stereocenters. The maximum Gasteiger partial charge on any atom is 0.119 e. The third-order valence-corrected chi connectivity index (χ3v) is 5.03. The minimum atomic E-state index is -0.392. The molecule has 1 saturated carbocycles. The smallest absolute Gasteiger partial charge is 0.119 e. The molecule has 2 aromatic carbocycles. The van der Waals surface area contributed by atoms with Crippen LogP contribution in [0.1, 0.15) is 42.7 Å². The van der Waals surface area contributed by atoms with Gasteiger partial charge in [-0.3, -0.25) is 0 Å². The normalized spacial score (nSPS) is 23.3. The standard InChI is InChI=1S/C21H27NO2/c22-21(16-23)13-12-19(15-21)18-8-10-20(11-9-18)24-14-4-7-17-5-2-1-3-6-17/h1-3,5-6,8-11,19,23H,4,7,12-16,22H2/t19-,21+/m1/s1. The van der Waals surface area contributed by atoms with Crippen molar-refractivity contribution in [1.82, 2.24) is 0 Å². The van der Waals surface area contributed by atoms with Crippen LogP contribution >= 0.6 is 0 Å². The second-order valence-electron chi connectivity index (χ2n) is 6.97. The quantitative estimate of drug-likeness (QED) is 0.764. The van der Waals surface area contributed by atoms with Gasteiger partial charge in [-0.15, -0.1) is 0 Å². The lowest BCUT2D eigenvalue weighted by molar-refractivity contribution is 0.198. The van der Waals surface area contributed by atoms with Crippen molar-refractivity contribution in [3.8, 4) is 5.75 Å². The van der Waals surface area contributed by atoms with Gasteiger partial charge in [0.2, 0.25) is 0 Å². The highest BCUT2D eigenvalue weighted by atomic mass is 16.5. The van der Waals surface area contributed by atoms with E-state index in [1.807, 2.05) is 18.2 Å². The third kappa shape index (κ3) is 4.37. The number of aliphatic hydroxyl groups excluding tert-OH is 1. The molecule has 1 fully saturated rings. The molecule has 1 aliphatic rings. The van der Waals surface area contributed by atoms with E-state index in [1.165, 1.54) is 11.1 Å². The number of aryl methyl sites for hydroxylation is 1. The van der Waals surface area contributed by atoms with E-state index in [1.54, 1.807) is 0 Å². The first-order valence-corrected chi connectivity index (χ1v) is 8.85. The Kier molecular flexibility index (Phi) is 5.54. The van der Waals surface area contributed by atoms with Crippen LogP contribution in [0, 0.1) is 0 Å². The summed E-state index contributed by atoms with van der Waals surface area (Å²) in [4.78, 5) is 0. The molecule has 0 bridgehead atoms. The van der Waals surface area contributed by atoms with Crippen LogP contribution in [0.25, 0.3) is 0 Å². The van der Waals surface area contributed by atoms with Crippen LogP contribution in [-0.4, -0.2) is 23.9 Å². The highest BCUT2D eigenvalue weighted by Crippen LogP contribution is 2.39. The number of hydrogen-bond acceptors (Lipinski definition) is 3. The highest BCUT2D eigenvalue weighted by Gasteiger charge is 2.35. The minimum absolute atomic E-state index is 0.0755. The molecule has 3 heteroatoms. The summed E-state index contributed by atoms with van der Waals surface area (Å²) in [7, 11) is 0. The van der Waals surface area contributed by atoms with E-state index in [0.717, 1.165) is 44.5 Å². The first kappa shape index (κ1) is 17.0. The molecule has 0 aromatic heterocycles. The Balaban J connectivity index is 1.45. The van der Waals surface area contributed by atoms with Gasteiger partial charge in [0.1, 0.15) is 5.75 Å². The van der Waals surface area contributed by atoms with Gasteiger partial charge in [0.15, 0.2) is 0 Å². The Morgan fingerprint density at radius 3 is 2.50 bits per heavy atom. The van der Waals surface area contributed by atoms with Crippen LogP contribution < -0.4 is 10.5 Å². The lowest BCUT2D eigenvalue weighted by Gasteiger charge is -2.21. The zero-order chi connectivity index (χ0) is 16.8. The Hall–Kier alpha value is -1.84. The van der Waals surface area contributed by atoms with Gasteiger partial charge < -0.3 is 15.6 Å². The van der Waals surface area contributed by atoms with Crippen molar-refractivity contribution in [3.63, 3.8) is 0 Å². The highest BCUT2D eigenvalue weighted by molar-refractivity contribution is 5.30. The molecule has 0 aliphatic heterocycles. The summed E-state index contributed by atoms with van der Waals surface area (Å²) in [6.45, 7) is 0.806. The largest absolute Gasteiger partial charge is 0.494 e. The van der Waals surface area contributed by atoms with Gasteiger partial charge in [0.25, 0.3) is 0 Å². The van der Waals surface area contributed by atoms with Crippen LogP contribution in [0.15, 0.2) is 54.6 Å². The van der Waals surface area contributed by atoms with Gasteiger partial charge in [-0.2, -0.15) is 0 Å². The number of aliphatic hydroxyl groups is 1. The molecule has 128 valence electrons. The average Bonchev–Trinajstić information content (AvgIpc) is 3.03. The lowest BCUT2D eigenvalue weighted by atomic mass is 9.94. The predicted octanol–water partition coefficient (Wildman–Crippen LogP) is 3.66. The molecule has 3 N–H and O–H groups in total. The molecule has 24 heavy (non-hydrogen) atoms. The summed E-state index contributed by atoms with van der Waals surface area (Å²) >= 11 is 0. The van der Waals surface area contributed by atoms with Crippen molar-refractivity contribution < 1.29 is 9.84 Å². The molecule has 3 nitrogen and oxygen atoms in total. The molecular formula is C21H27NO2. The van der Waals surface area contributed by atoms with Crippen molar-refractivity contribution in [3.05, 3.63) is 65.7 Å². The summed E-state index contributed by atoms with van der Waals surface area (Å²) in [5.74, 6) is 1.38. The fourth-order valence-corrected chi connectivity index (χ4v) is 3.53. The zero-order valence-corrected chi connectivity index (χ0v) is 14.2. The fourth-order valence-electron chi connectivity index (χ4n) is 3.53. The SMILES string of the molecule is N[C@@]1(CO)CC[C@@H](c2ccc(OCCCc3ccccc3)cc2)C1. The van der Waals surface area contributed by atoms with Crippen LogP contribution in [0.5, 0.6) is 5.75 Å². The molecular weight excluding hydrogens is 298 g/mol. The van der Waals surface area contributed by atoms with Crippen LogP contribution in [0.4, 0.5) is 0 Å². The first-order chi connectivity index (χ1) is 11.7. The average molecular weight is 325 g/mol. The molecule has 0 radical (unpaired) electrons. The topological polar surface area (TPSA) is 55.5 Å². The second-order valence-corrected chi connectivity index (χ2v) is 6.97. The van der Waals surface area contributed by atoms with Crippen molar-refractivity contribution in [2.45, 2.75) is 43.6 Å². The van der Waals surface area contributed by atoms with Crippen molar-refractivity contribution in [2.75, 3.05) is 13.2 Å². The van der Waals surface area contributed by atoms with E-state index in [0.29, 0.717) is 5.92 Å². The molecule has 3 rings (SSSR count). The van der Waals surface area contributed by atoms with Gasteiger partial charge in [0.05, 0.1) is 13.2 Å². The number of nitrogens with two attached hydrogens (primary N) is 1. The molecule has 0 heterocycles. The summed E-state index contributed by atoms with van der Waals surface area (Å²) in [5, 5.41) is 9.39. The summed E-state index contributed by atoms with van der Waals surface area (Å²) in [6.07, 6.45) is 4.86. The van der Waals surface area contributed by atoms with E-state index in [2.05, 4.69) is 36.4 Å². The first-order valence-electron chi connectivity index (χ1n) is 8.85. The maximum atomic E-state index is 9.39. The van der Waals surface area contributed by atoms with Crippen LogP contribution in [0.2, 0.25) is 0 Å². The Morgan fingerprint density at radius 1 is 1.08 bits per heavy atom. The lowest BCUT2D eigenvalue weighted by Crippen LogP contribution is -2.40. The Bertz CT molecular complexity index is 626. The maximum absolute atomic E-state index is 9.39. The van der Waals surface area contributed by atoms with Crippen molar-refractivity contribution in [1.29, 1.82) is 0 Å². The van der Waals surface area contributed by atoms with E-state index in [4.69, 9.17) is 10.5 Å². The van der Waals surface area contributed by atoms with E-state index >= 15 is 0 Å². The zero-order valence-electron chi connectivity index (χ0n) is 14.2. The van der Waals surface area contributed by atoms with Gasteiger partial charge in [-0.1, -0.05) is 42.5 Å². The molecule has 0 unspecified atom stereocenters. The number of ether oxygens (including phenoxy) is 1. The molecule has 1 aliphatic carbocycles. The van der Waals surface area contributed by atoms with Crippen molar-refractivity contribution >= 4 is 0 Å². The predicted molar refractivity (Wildman–Crippen MR) is 97.3 cm³/mol. The third-order valence-electron chi connectivity index (χ3n) is 5.03. The van der Waals surface area contributed by atoms with Crippen molar-refractivity contribution in [2.24, 2.45) is 5.73 Å². The van der Waals surface area contributed by atoms with Gasteiger partial charge in [0, 0.05) is 5.54 Å². The molecule has 0 spiro atoms. The van der Waals surface area contributed by atoms with Gasteiger partial charge in [-0.25, -0.2) is 0 Å². The van der Waals surface area contributed by atoms with Crippen LogP contribution in [0.3, 0.4) is 0 Å². The number of hydrogen-bond donors (Lipinski definition) is 2. The van der Waals surface area contributed by atoms with Crippen LogP contribution in [-0.2, 0) is 6.42 Å². The summed E-state index contributed by atoms with van der Waals surface area (Å²) in [5.41, 5.74) is 8.43. The molecule has 0 amide bonds. The minimum Gasteiger partial charge on any atom is -0.494 e. The fraction of sp³-hybridized carbons (Fsp3) is 0.429. The Labute approximate surface area is 144 Å². The second kappa shape index (κ2) is 7.82. The molecule has 0 saturated heterocycles. The van der Waals surface area contributed by atoms with Gasteiger partial charge >= 0.3 is 0 Å². The number of benzene rings is 2. The summed E-state index contributed by atoms with van der Waals surface area (Å²) < 4.78 is 5.84. The summed E-state index contributed by atoms with van der Waals surface area (Å²) in [6, 6.07) is 18.9. The monoisotopic (exact) mass is 325 g/mol. The van der Waals surface area contributed by atoms with E-state index < -0.39 is 5.54 Å². The van der Waals surface area contributed by atoms with E-state index in [9.17, 15) is 5.11 Å².